The Labute approximate surface area is 113 Å². The minimum Gasteiger partial charge on any atom is -0.385 e. The highest BCUT2D eigenvalue weighted by Crippen LogP contribution is 2.20. The summed E-state index contributed by atoms with van der Waals surface area (Å²) < 4.78 is 6.99. The molecule has 0 aliphatic rings. The van der Waals surface area contributed by atoms with Gasteiger partial charge in [-0.15, -0.1) is 0 Å². The summed E-state index contributed by atoms with van der Waals surface area (Å²) in [6.07, 6.45) is 3.65. The maximum Gasteiger partial charge on any atom is 0.0649 e. The summed E-state index contributed by atoms with van der Waals surface area (Å²) in [6.45, 7) is 0.734. The fourth-order valence-corrected chi connectivity index (χ4v) is 2.11. The zero-order valence-corrected chi connectivity index (χ0v) is 11.1. The van der Waals surface area contributed by atoms with Gasteiger partial charge in [0.2, 0.25) is 0 Å². The van der Waals surface area contributed by atoms with E-state index in [-0.39, 0.29) is 6.04 Å². The number of aromatic nitrogens is 2. The van der Waals surface area contributed by atoms with Crippen molar-refractivity contribution in [3.8, 4) is 5.69 Å². The molecule has 2 aromatic rings. The van der Waals surface area contributed by atoms with Gasteiger partial charge in [0.05, 0.1) is 17.4 Å². The van der Waals surface area contributed by atoms with Crippen LogP contribution in [-0.2, 0) is 4.74 Å². The van der Waals surface area contributed by atoms with Crippen LogP contribution in [0.2, 0.25) is 0 Å². The summed E-state index contributed by atoms with van der Waals surface area (Å²) in [4.78, 5) is 0. The average Bonchev–Trinajstić information content (AvgIpc) is 2.94. The molecule has 0 spiro atoms. The van der Waals surface area contributed by atoms with Crippen molar-refractivity contribution in [2.45, 2.75) is 18.9 Å². The topological polar surface area (TPSA) is 65.1 Å². The summed E-state index contributed by atoms with van der Waals surface area (Å²) in [5, 5.41) is 4.37. The molecule has 1 atom stereocenters. The van der Waals surface area contributed by atoms with E-state index in [1.165, 1.54) is 0 Å². The molecule has 19 heavy (non-hydrogen) atoms. The van der Waals surface area contributed by atoms with Crippen LogP contribution in [0.5, 0.6) is 0 Å². The maximum absolute atomic E-state index is 5.66. The quantitative estimate of drug-likeness (QED) is 0.452. The number of hydrazine groups is 1. The highest BCUT2D eigenvalue weighted by molar-refractivity contribution is 5.33. The van der Waals surface area contributed by atoms with Crippen LogP contribution >= 0.6 is 0 Å². The molecule has 1 aromatic heterocycles. The highest BCUT2D eigenvalue weighted by Gasteiger charge is 2.15. The van der Waals surface area contributed by atoms with Crippen LogP contribution in [0.1, 0.15) is 24.6 Å². The monoisotopic (exact) mass is 260 g/mol. The second-order valence-corrected chi connectivity index (χ2v) is 4.36. The molecule has 1 unspecified atom stereocenters. The minimum absolute atomic E-state index is 0.0675. The number of benzene rings is 1. The normalized spacial score (nSPS) is 12.5. The number of hydrogen-bond donors (Lipinski definition) is 2. The molecule has 5 nitrogen and oxygen atoms in total. The molecule has 1 heterocycles. The number of nitrogens with one attached hydrogen (secondary N) is 1. The predicted octanol–water partition coefficient (Wildman–Crippen LogP) is 1.80. The molecule has 3 N–H and O–H groups in total. The van der Waals surface area contributed by atoms with E-state index in [0.29, 0.717) is 0 Å². The first-order valence-corrected chi connectivity index (χ1v) is 6.41. The summed E-state index contributed by atoms with van der Waals surface area (Å²) in [5.41, 5.74) is 4.95. The van der Waals surface area contributed by atoms with Crippen molar-refractivity contribution >= 4 is 0 Å². The number of nitrogens with two attached hydrogens (primary N) is 1. The van der Waals surface area contributed by atoms with Gasteiger partial charge in [-0.3, -0.25) is 11.3 Å². The third kappa shape index (κ3) is 3.41. The van der Waals surface area contributed by atoms with Crippen molar-refractivity contribution in [3.05, 3.63) is 48.3 Å². The summed E-state index contributed by atoms with van der Waals surface area (Å²) in [7, 11) is 1.71. The number of nitrogens with zero attached hydrogens (tertiary/aromatic N) is 2. The van der Waals surface area contributed by atoms with E-state index in [4.69, 9.17) is 10.6 Å². The van der Waals surface area contributed by atoms with Gasteiger partial charge < -0.3 is 4.74 Å². The van der Waals surface area contributed by atoms with Gasteiger partial charge in [-0.2, -0.15) is 5.10 Å². The molecular formula is C14H20N4O. The molecule has 0 aliphatic heterocycles. The van der Waals surface area contributed by atoms with Crippen LogP contribution in [0.15, 0.2) is 42.6 Å². The molecule has 0 fully saturated rings. The molecule has 0 bridgehead atoms. The van der Waals surface area contributed by atoms with Crippen molar-refractivity contribution in [2.75, 3.05) is 13.7 Å². The van der Waals surface area contributed by atoms with E-state index in [9.17, 15) is 0 Å². The van der Waals surface area contributed by atoms with Gasteiger partial charge in [-0.05, 0) is 31.0 Å². The molecule has 0 amide bonds. The third-order valence-electron chi connectivity index (χ3n) is 3.07. The molecule has 102 valence electrons. The van der Waals surface area contributed by atoms with Crippen molar-refractivity contribution in [2.24, 2.45) is 5.84 Å². The largest absolute Gasteiger partial charge is 0.385 e. The van der Waals surface area contributed by atoms with Gasteiger partial charge in [0, 0.05) is 19.9 Å². The zero-order chi connectivity index (χ0) is 13.5. The van der Waals surface area contributed by atoms with Crippen LogP contribution in [0, 0.1) is 0 Å². The van der Waals surface area contributed by atoms with Crippen LogP contribution in [0.3, 0.4) is 0 Å². The second-order valence-electron chi connectivity index (χ2n) is 4.36. The Hall–Kier alpha value is -1.69. The summed E-state index contributed by atoms with van der Waals surface area (Å²) >= 11 is 0. The van der Waals surface area contributed by atoms with E-state index in [1.54, 1.807) is 13.3 Å². The van der Waals surface area contributed by atoms with Crippen molar-refractivity contribution in [1.29, 1.82) is 0 Å². The molecule has 0 saturated carbocycles. The highest BCUT2D eigenvalue weighted by atomic mass is 16.5. The Kier molecular flexibility index (Phi) is 5.09. The third-order valence-corrected chi connectivity index (χ3v) is 3.07. The van der Waals surface area contributed by atoms with Gasteiger partial charge in [0.15, 0.2) is 0 Å². The van der Waals surface area contributed by atoms with E-state index >= 15 is 0 Å². The van der Waals surface area contributed by atoms with Crippen LogP contribution in [-0.4, -0.2) is 23.5 Å². The Morgan fingerprint density at radius 2 is 2.11 bits per heavy atom. The van der Waals surface area contributed by atoms with Crippen molar-refractivity contribution in [3.63, 3.8) is 0 Å². The number of methoxy groups -OCH3 is 1. The first-order chi connectivity index (χ1) is 9.36. The summed E-state index contributed by atoms with van der Waals surface area (Å²) in [6, 6.07) is 12.1. The Bertz CT molecular complexity index is 483. The van der Waals surface area contributed by atoms with Crippen molar-refractivity contribution in [1.82, 2.24) is 15.2 Å². The molecular weight excluding hydrogens is 240 g/mol. The molecule has 0 aliphatic carbocycles. The Morgan fingerprint density at radius 1 is 1.32 bits per heavy atom. The predicted molar refractivity (Wildman–Crippen MR) is 74.7 cm³/mol. The smallest absolute Gasteiger partial charge is 0.0649 e. The van der Waals surface area contributed by atoms with Crippen molar-refractivity contribution < 1.29 is 4.74 Å². The molecule has 0 saturated heterocycles. The molecule has 5 heteroatoms. The second kappa shape index (κ2) is 7.04. The molecule has 1 aromatic carbocycles. The Morgan fingerprint density at radius 3 is 2.79 bits per heavy atom. The van der Waals surface area contributed by atoms with Crippen LogP contribution in [0.4, 0.5) is 0 Å². The average molecular weight is 260 g/mol. The number of ether oxygens (including phenoxy) is 1. The van der Waals surface area contributed by atoms with Gasteiger partial charge in [0.25, 0.3) is 0 Å². The zero-order valence-electron chi connectivity index (χ0n) is 11.1. The lowest BCUT2D eigenvalue weighted by Gasteiger charge is -2.17. The lowest BCUT2D eigenvalue weighted by Crippen LogP contribution is -2.30. The first kappa shape index (κ1) is 13.7. The van der Waals surface area contributed by atoms with E-state index in [2.05, 4.69) is 10.5 Å². The fraction of sp³-hybridized carbons (Fsp3) is 0.357. The lowest BCUT2D eigenvalue weighted by molar-refractivity contribution is 0.188. The summed E-state index contributed by atoms with van der Waals surface area (Å²) in [5.74, 6) is 5.66. The van der Waals surface area contributed by atoms with E-state index in [0.717, 1.165) is 30.8 Å². The molecule has 0 radical (unpaired) electrons. The lowest BCUT2D eigenvalue weighted by atomic mass is 10.1. The number of para-hydroxylation sites is 1. The van der Waals surface area contributed by atoms with Crippen LogP contribution < -0.4 is 11.3 Å². The van der Waals surface area contributed by atoms with Gasteiger partial charge >= 0.3 is 0 Å². The number of rotatable bonds is 7. The number of hydrogen-bond acceptors (Lipinski definition) is 4. The first-order valence-electron chi connectivity index (χ1n) is 6.41. The van der Waals surface area contributed by atoms with Crippen LogP contribution in [0.25, 0.3) is 5.69 Å². The molecule has 2 rings (SSSR count). The SMILES string of the molecule is COCCCC(NN)c1ccnn1-c1ccccc1. The Balaban J connectivity index is 2.18. The van der Waals surface area contributed by atoms with E-state index in [1.807, 2.05) is 41.1 Å². The standard InChI is InChI=1S/C14H20N4O/c1-19-11-5-8-13(17-15)14-9-10-16-18(14)12-6-3-2-4-7-12/h2-4,6-7,9-10,13,17H,5,8,11,15H2,1H3. The van der Waals surface area contributed by atoms with Gasteiger partial charge in [-0.1, -0.05) is 18.2 Å². The fourth-order valence-electron chi connectivity index (χ4n) is 2.11. The van der Waals surface area contributed by atoms with Gasteiger partial charge in [-0.25, -0.2) is 4.68 Å². The van der Waals surface area contributed by atoms with Gasteiger partial charge in [0.1, 0.15) is 0 Å². The minimum atomic E-state index is 0.0675. The van der Waals surface area contributed by atoms with E-state index < -0.39 is 0 Å². The maximum atomic E-state index is 5.66.